The molecule has 2 aromatic carbocycles. The Morgan fingerprint density at radius 2 is 2.00 bits per heavy atom. The van der Waals surface area contributed by atoms with Crippen LogP contribution in [0.3, 0.4) is 0 Å². The molecule has 1 heterocycles. The summed E-state index contributed by atoms with van der Waals surface area (Å²) in [4.78, 5) is 24.2. The maximum Gasteiger partial charge on any atom is 0.305 e. The molecule has 2 unspecified atom stereocenters. The maximum atomic E-state index is 11.5. The van der Waals surface area contributed by atoms with Gasteiger partial charge in [-0.15, -0.1) is 0 Å². The number of benzene rings is 2. The quantitative estimate of drug-likeness (QED) is 0.545. The van der Waals surface area contributed by atoms with Crippen molar-refractivity contribution in [2.24, 2.45) is 0 Å². The number of rotatable bonds is 8. The van der Waals surface area contributed by atoms with E-state index in [2.05, 4.69) is 6.07 Å². The fourth-order valence-electron chi connectivity index (χ4n) is 4.01. The summed E-state index contributed by atoms with van der Waals surface area (Å²) >= 11 is 0. The highest BCUT2D eigenvalue weighted by molar-refractivity contribution is 5.72. The highest BCUT2D eigenvalue weighted by atomic mass is 16.6. The van der Waals surface area contributed by atoms with Crippen LogP contribution < -0.4 is 4.90 Å². The molecule has 0 aliphatic carbocycles. The van der Waals surface area contributed by atoms with E-state index in [-0.39, 0.29) is 23.8 Å². The zero-order valence-corrected chi connectivity index (χ0v) is 16.2. The first-order chi connectivity index (χ1) is 13.9. The van der Waals surface area contributed by atoms with Crippen LogP contribution in [0.1, 0.15) is 35.6 Å². The Morgan fingerprint density at radius 1 is 1.28 bits per heavy atom. The largest absolute Gasteiger partial charge is 0.481 e. The highest BCUT2D eigenvalue weighted by Gasteiger charge is 2.31. The Labute approximate surface area is 169 Å². The van der Waals surface area contributed by atoms with E-state index in [0.717, 1.165) is 22.4 Å². The summed E-state index contributed by atoms with van der Waals surface area (Å²) in [5.74, 6) is -0.880. The van der Waals surface area contributed by atoms with Crippen molar-refractivity contribution < 1.29 is 14.8 Å². The number of carboxylic acid groups (broad SMARTS) is 1. The van der Waals surface area contributed by atoms with Crippen LogP contribution in [0.2, 0.25) is 0 Å². The van der Waals surface area contributed by atoms with Crippen molar-refractivity contribution in [1.82, 2.24) is 0 Å². The predicted molar refractivity (Wildman–Crippen MR) is 109 cm³/mol. The number of nitro groups is 1. The second-order valence-corrected chi connectivity index (χ2v) is 7.49. The molecule has 1 aliphatic rings. The molecule has 0 bridgehead atoms. The summed E-state index contributed by atoms with van der Waals surface area (Å²) in [5, 5.41) is 30.1. The number of nitriles is 1. The lowest BCUT2D eigenvalue weighted by atomic mass is 9.97. The van der Waals surface area contributed by atoms with Crippen LogP contribution >= 0.6 is 0 Å². The van der Waals surface area contributed by atoms with Gasteiger partial charge in [0, 0.05) is 30.9 Å². The number of fused-ring (bicyclic) bond motifs is 1. The third-order valence-corrected chi connectivity index (χ3v) is 5.33. The number of nitrogens with zero attached hydrogens (tertiary/aromatic N) is 3. The second kappa shape index (κ2) is 8.74. The third kappa shape index (κ3) is 4.72. The number of carboxylic acids is 1. The summed E-state index contributed by atoms with van der Waals surface area (Å²) in [6.45, 7) is 2.18. The fourth-order valence-corrected chi connectivity index (χ4v) is 4.01. The van der Waals surface area contributed by atoms with Gasteiger partial charge in [0.1, 0.15) is 6.07 Å². The Kier molecular flexibility index (Phi) is 6.13. The van der Waals surface area contributed by atoms with Crippen LogP contribution in [-0.2, 0) is 24.1 Å². The summed E-state index contributed by atoms with van der Waals surface area (Å²) in [6.07, 6.45) is 1.49. The van der Waals surface area contributed by atoms with Crippen LogP contribution in [0, 0.1) is 21.4 Å². The van der Waals surface area contributed by atoms with Gasteiger partial charge in [0.2, 0.25) is 6.04 Å². The summed E-state index contributed by atoms with van der Waals surface area (Å²) in [6, 6.07) is 14.6. The van der Waals surface area contributed by atoms with E-state index in [1.165, 1.54) is 0 Å². The monoisotopic (exact) mass is 393 g/mol. The Morgan fingerprint density at radius 3 is 2.62 bits per heavy atom. The standard InChI is InChI=1S/C22H23N3O4/c1-15(25(28)29)9-17-10-18-7-8-24(22(18)19(11-17)14-23)20(13-21(26)27)12-16-5-3-2-4-6-16/h2-6,10-11,15,20H,7-9,12-13H2,1H3,(H,26,27). The number of carbonyl (C=O) groups is 1. The first-order valence-electron chi connectivity index (χ1n) is 9.60. The molecule has 7 nitrogen and oxygen atoms in total. The SMILES string of the molecule is CC(Cc1cc(C#N)c2c(c1)CCN2C(CC(=O)O)Cc1ccccc1)[N+](=O)[O-]. The lowest BCUT2D eigenvalue weighted by Crippen LogP contribution is -2.37. The molecule has 0 saturated heterocycles. The van der Waals surface area contributed by atoms with Crippen LogP contribution in [-0.4, -0.2) is 34.6 Å². The Hall–Kier alpha value is -3.40. The minimum absolute atomic E-state index is 0.0285. The third-order valence-electron chi connectivity index (χ3n) is 5.33. The average Bonchev–Trinajstić information content (AvgIpc) is 3.11. The van der Waals surface area contributed by atoms with E-state index >= 15 is 0 Å². The van der Waals surface area contributed by atoms with Gasteiger partial charge in [0.05, 0.1) is 17.7 Å². The van der Waals surface area contributed by atoms with Gasteiger partial charge in [-0.25, -0.2) is 0 Å². The van der Waals surface area contributed by atoms with Gasteiger partial charge in [-0.1, -0.05) is 36.4 Å². The topological polar surface area (TPSA) is 107 Å². The molecule has 0 amide bonds. The second-order valence-electron chi connectivity index (χ2n) is 7.49. The van der Waals surface area contributed by atoms with Crippen LogP contribution in [0.25, 0.3) is 0 Å². The maximum absolute atomic E-state index is 11.5. The molecule has 150 valence electrons. The summed E-state index contributed by atoms with van der Waals surface area (Å²) in [5.41, 5.74) is 3.99. The molecule has 0 fully saturated rings. The van der Waals surface area contributed by atoms with E-state index in [0.29, 0.717) is 24.9 Å². The van der Waals surface area contributed by atoms with Gasteiger partial charge in [0.25, 0.3) is 0 Å². The molecule has 1 aliphatic heterocycles. The number of hydrogen-bond donors (Lipinski definition) is 1. The van der Waals surface area contributed by atoms with Crippen molar-refractivity contribution in [3.8, 4) is 6.07 Å². The van der Waals surface area contributed by atoms with Crippen molar-refractivity contribution in [2.75, 3.05) is 11.4 Å². The van der Waals surface area contributed by atoms with E-state index in [4.69, 9.17) is 0 Å². The van der Waals surface area contributed by atoms with E-state index in [1.807, 2.05) is 41.3 Å². The molecule has 0 saturated carbocycles. The van der Waals surface area contributed by atoms with Crippen LogP contribution in [0.4, 0.5) is 5.69 Å². The molecule has 3 rings (SSSR count). The van der Waals surface area contributed by atoms with Crippen molar-refractivity contribution in [1.29, 1.82) is 5.26 Å². The summed E-state index contributed by atoms with van der Waals surface area (Å²) in [7, 11) is 0. The smallest absolute Gasteiger partial charge is 0.305 e. The van der Waals surface area contributed by atoms with E-state index < -0.39 is 12.0 Å². The van der Waals surface area contributed by atoms with Gasteiger partial charge in [0.15, 0.2) is 0 Å². The Bertz CT molecular complexity index is 953. The molecule has 7 heteroatoms. The first-order valence-corrected chi connectivity index (χ1v) is 9.60. The Balaban J connectivity index is 1.93. The molecule has 0 aromatic heterocycles. The van der Waals surface area contributed by atoms with E-state index in [1.54, 1.807) is 13.0 Å². The average molecular weight is 393 g/mol. The van der Waals surface area contributed by atoms with Gasteiger partial charge in [-0.2, -0.15) is 5.26 Å². The van der Waals surface area contributed by atoms with Gasteiger partial charge >= 0.3 is 5.97 Å². The lowest BCUT2D eigenvalue weighted by Gasteiger charge is -2.30. The molecular formula is C22H23N3O4. The normalized spacial score (nSPS) is 14.7. The van der Waals surface area contributed by atoms with E-state index in [9.17, 15) is 25.3 Å². The predicted octanol–water partition coefficient (Wildman–Crippen LogP) is 3.21. The molecule has 1 N–H and O–H groups in total. The summed E-state index contributed by atoms with van der Waals surface area (Å²) < 4.78 is 0. The molecule has 0 radical (unpaired) electrons. The minimum atomic E-state index is -0.880. The number of aliphatic carboxylic acids is 1. The molecular weight excluding hydrogens is 370 g/mol. The molecule has 29 heavy (non-hydrogen) atoms. The minimum Gasteiger partial charge on any atom is -0.481 e. The van der Waals surface area contributed by atoms with Crippen LogP contribution in [0.15, 0.2) is 42.5 Å². The molecule has 2 aromatic rings. The highest BCUT2D eigenvalue weighted by Crippen LogP contribution is 2.36. The van der Waals surface area contributed by atoms with Crippen molar-refractivity contribution >= 4 is 11.7 Å². The van der Waals surface area contributed by atoms with Crippen molar-refractivity contribution in [3.63, 3.8) is 0 Å². The van der Waals surface area contributed by atoms with Crippen molar-refractivity contribution in [2.45, 2.75) is 44.7 Å². The number of hydrogen-bond acceptors (Lipinski definition) is 5. The zero-order valence-electron chi connectivity index (χ0n) is 16.2. The number of anilines is 1. The molecule has 0 spiro atoms. The van der Waals surface area contributed by atoms with Gasteiger partial charge in [-0.05, 0) is 35.6 Å². The first kappa shape index (κ1) is 20.3. The lowest BCUT2D eigenvalue weighted by molar-refractivity contribution is -0.517. The van der Waals surface area contributed by atoms with Gasteiger partial charge in [-0.3, -0.25) is 14.9 Å². The zero-order chi connectivity index (χ0) is 21.0. The fraction of sp³-hybridized carbons (Fsp3) is 0.364. The van der Waals surface area contributed by atoms with Crippen molar-refractivity contribution in [3.05, 3.63) is 74.8 Å². The molecule has 2 atom stereocenters. The van der Waals surface area contributed by atoms with Gasteiger partial charge < -0.3 is 10.0 Å². The van der Waals surface area contributed by atoms with Crippen LogP contribution in [0.5, 0.6) is 0 Å².